The van der Waals surface area contributed by atoms with E-state index < -0.39 is 10.8 Å². The van der Waals surface area contributed by atoms with Crippen molar-refractivity contribution in [3.05, 3.63) is 0 Å². The Morgan fingerprint density at radius 3 is 2.69 bits per heavy atom. The lowest BCUT2D eigenvalue weighted by Crippen LogP contribution is -2.47. The topological polar surface area (TPSA) is 55.4 Å². The van der Waals surface area contributed by atoms with Gasteiger partial charge in [-0.2, -0.15) is 0 Å². The average molecular weight is 203 g/mol. The van der Waals surface area contributed by atoms with Crippen LogP contribution in [0.4, 0.5) is 0 Å². The fourth-order valence-corrected chi connectivity index (χ4v) is 2.93. The van der Waals surface area contributed by atoms with Gasteiger partial charge in [-0.05, 0) is 6.42 Å². The summed E-state index contributed by atoms with van der Waals surface area (Å²) in [4.78, 5) is 11.4. The van der Waals surface area contributed by atoms with E-state index in [0.717, 1.165) is 18.6 Å². The lowest BCUT2D eigenvalue weighted by atomic mass is 10.1. The van der Waals surface area contributed by atoms with E-state index >= 15 is 0 Å². The standard InChI is InChI=1S/C8H13NO3S/c10-8(7-1-3-12-7)9-6-2-4-13(11)5-6/h6-7H,1-5H2,(H,9,10). The minimum Gasteiger partial charge on any atom is -0.368 e. The Hall–Kier alpha value is -0.420. The minimum absolute atomic E-state index is 0.0323. The zero-order valence-corrected chi connectivity index (χ0v) is 8.14. The summed E-state index contributed by atoms with van der Waals surface area (Å²) in [7, 11) is -0.722. The molecule has 2 heterocycles. The van der Waals surface area contributed by atoms with E-state index in [1.165, 1.54) is 0 Å². The number of amides is 1. The van der Waals surface area contributed by atoms with Gasteiger partial charge in [0.2, 0.25) is 5.91 Å². The summed E-state index contributed by atoms with van der Waals surface area (Å²) in [5.74, 6) is 1.30. The van der Waals surface area contributed by atoms with Crippen molar-refractivity contribution in [2.45, 2.75) is 25.0 Å². The summed E-state index contributed by atoms with van der Waals surface area (Å²) in [6.07, 6.45) is 1.42. The molecule has 2 aliphatic heterocycles. The lowest BCUT2D eigenvalue weighted by molar-refractivity contribution is -0.145. The molecule has 0 bridgehead atoms. The Bertz CT molecular complexity index is 240. The van der Waals surface area contributed by atoms with Crippen LogP contribution in [0.5, 0.6) is 0 Å². The molecule has 4 nitrogen and oxygen atoms in total. The second-order valence-electron chi connectivity index (χ2n) is 3.45. The van der Waals surface area contributed by atoms with Crippen LogP contribution in [0.3, 0.4) is 0 Å². The predicted molar refractivity (Wildman–Crippen MR) is 48.8 cm³/mol. The van der Waals surface area contributed by atoms with Crippen molar-refractivity contribution in [1.82, 2.24) is 5.32 Å². The second-order valence-corrected chi connectivity index (χ2v) is 5.07. The van der Waals surface area contributed by atoms with E-state index in [0.29, 0.717) is 12.4 Å². The first-order chi connectivity index (χ1) is 6.25. The second kappa shape index (κ2) is 3.75. The van der Waals surface area contributed by atoms with Crippen molar-refractivity contribution in [2.75, 3.05) is 18.1 Å². The molecule has 0 aromatic heterocycles. The molecule has 0 saturated carbocycles. The third-order valence-electron chi connectivity index (χ3n) is 2.42. The van der Waals surface area contributed by atoms with Gasteiger partial charge in [-0.3, -0.25) is 9.00 Å². The molecular formula is C8H13NO3S. The molecule has 3 unspecified atom stereocenters. The van der Waals surface area contributed by atoms with Gasteiger partial charge in [-0.15, -0.1) is 0 Å². The normalized spacial score (nSPS) is 38.3. The van der Waals surface area contributed by atoms with E-state index in [2.05, 4.69) is 5.32 Å². The molecule has 2 aliphatic rings. The molecule has 5 heteroatoms. The number of carbonyl (C=O) groups excluding carboxylic acids is 1. The van der Waals surface area contributed by atoms with Gasteiger partial charge in [0.25, 0.3) is 0 Å². The monoisotopic (exact) mass is 203 g/mol. The molecule has 0 radical (unpaired) electrons. The molecule has 0 spiro atoms. The largest absolute Gasteiger partial charge is 0.368 e. The van der Waals surface area contributed by atoms with E-state index in [-0.39, 0.29) is 18.1 Å². The smallest absolute Gasteiger partial charge is 0.249 e. The number of hydrogen-bond donors (Lipinski definition) is 1. The van der Waals surface area contributed by atoms with E-state index in [1.807, 2.05) is 0 Å². The van der Waals surface area contributed by atoms with Crippen LogP contribution in [0.25, 0.3) is 0 Å². The average Bonchev–Trinajstić information content (AvgIpc) is 2.31. The predicted octanol–water partition coefficient (Wildman–Crippen LogP) is -0.588. The highest BCUT2D eigenvalue weighted by atomic mass is 32.2. The Morgan fingerprint density at radius 1 is 1.46 bits per heavy atom. The molecule has 13 heavy (non-hydrogen) atoms. The van der Waals surface area contributed by atoms with E-state index in [9.17, 15) is 9.00 Å². The number of hydrogen-bond acceptors (Lipinski definition) is 3. The summed E-state index contributed by atoms with van der Waals surface area (Å²) in [6, 6.07) is 0.109. The quantitative estimate of drug-likeness (QED) is 0.653. The van der Waals surface area contributed by atoms with Crippen LogP contribution < -0.4 is 5.32 Å². The van der Waals surface area contributed by atoms with Crippen LogP contribution in [0.1, 0.15) is 12.8 Å². The first-order valence-electron chi connectivity index (χ1n) is 4.52. The minimum atomic E-state index is -0.722. The van der Waals surface area contributed by atoms with Crippen molar-refractivity contribution in [2.24, 2.45) is 0 Å². The highest BCUT2D eigenvalue weighted by Gasteiger charge is 2.30. The van der Waals surface area contributed by atoms with Crippen LogP contribution in [-0.2, 0) is 20.3 Å². The van der Waals surface area contributed by atoms with Crippen LogP contribution in [0.15, 0.2) is 0 Å². The van der Waals surface area contributed by atoms with Gasteiger partial charge in [-0.1, -0.05) is 0 Å². The number of carbonyl (C=O) groups is 1. The van der Waals surface area contributed by atoms with Crippen molar-refractivity contribution in [3.63, 3.8) is 0 Å². The van der Waals surface area contributed by atoms with Gasteiger partial charge >= 0.3 is 0 Å². The van der Waals surface area contributed by atoms with Crippen molar-refractivity contribution in [1.29, 1.82) is 0 Å². The van der Waals surface area contributed by atoms with Crippen molar-refractivity contribution >= 4 is 16.7 Å². The summed E-state index contributed by atoms with van der Waals surface area (Å²) >= 11 is 0. The summed E-state index contributed by atoms with van der Waals surface area (Å²) in [5.41, 5.74) is 0. The maximum absolute atomic E-state index is 11.4. The highest BCUT2D eigenvalue weighted by Crippen LogP contribution is 2.13. The van der Waals surface area contributed by atoms with E-state index in [4.69, 9.17) is 4.74 Å². The fraction of sp³-hybridized carbons (Fsp3) is 0.875. The molecule has 0 aromatic carbocycles. The first-order valence-corrected chi connectivity index (χ1v) is 6.01. The highest BCUT2D eigenvalue weighted by molar-refractivity contribution is 7.85. The molecule has 2 rings (SSSR count). The maximum Gasteiger partial charge on any atom is 0.249 e. The molecule has 2 fully saturated rings. The van der Waals surface area contributed by atoms with E-state index in [1.54, 1.807) is 0 Å². The SMILES string of the molecule is O=C(NC1CCS(=O)C1)C1CCO1. The Labute approximate surface area is 79.5 Å². The van der Waals surface area contributed by atoms with Gasteiger partial charge in [-0.25, -0.2) is 0 Å². The van der Waals surface area contributed by atoms with Gasteiger partial charge in [0.05, 0.1) is 6.61 Å². The third-order valence-corrected chi connectivity index (χ3v) is 3.88. The van der Waals surface area contributed by atoms with Crippen LogP contribution in [0, 0.1) is 0 Å². The van der Waals surface area contributed by atoms with Gasteiger partial charge in [0.1, 0.15) is 6.10 Å². The zero-order chi connectivity index (χ0) is 9.26. The molecule has 0 aromatic rings. The van der Waals surface area contributed by atoms with Crippen LogP contribution in [-0.4, -0.2) is 40.4 Å². The third kappa shape index (κ3) is 2.08. The summed E-state index contributed by atoms with van der Waals surface area (Å²) in [6.45, 7) is 0.689. The molecule has 74 valence electrons. The molecular weight excluding hydrogens is 190 g/mol. The Kier molecular flexibility index (Phi) is 2.64. The Balaban J connectivity index is 1.77. The number of nitrogens with one attached hydrogen (secondary N) is 1. The molecule has 2 saturated heterocycles. The van der Waals surface area contributed by atoms with Crippen molar-refractivity contribution in [3.8, 4) is 0 Å². The molecule has 0 aliphatic carbocycles. The molecule has 3 atom stereocenters. The van der Waals surface area contributed by atoms with Crippen molar-refractivity contribution < 1.29 is 13.7 Å². The Morgan fingerprint density at radius 2 is 2.23 bits per heavy atom. The lowest BCUT2D eigenvalue weighted by Gasteiger charge is -2.26. The first kappa shape index (κ1) is 9.15. The zero-order valence-electron chi connectivity index (χ0n) is 7.32. The maximum atomic E-state index is 11.4. The van der Waals surface area contributed by atoms with Gasteiger partial charge in [0, 0.05) is 34.8 Å². The summed E-state index contributed by atoms with van der Waals surface area (Å²) in [5, 5.41) is 2.85. The fourth-order valence-electron chi connectivity index (χ4n) is 1.52. The summed E-state index contributed by atoms with van der Waals surface area (Å²) < 4.78 is 16.1. The number of ether oxygens (including phenoxy) is 1. The molecule has 1 amide bonds. The molecule has 1 N–H and O–H groups in total. The van der Waals surface area contributed by atoms with Crippen LogP contribution in [0.2, 0.25) is 0 Å². The van der Waals surface area contributed by atoms with Gasteiger partial charge < -0.3 is 10.1 Å². The van der Waals surface area contributed by atoms with Crippen LogP contribution >= 0.6 is 0 Å². The van der Waals surface area contributed by atoms with Gasteiger partial charge in [0.15, 0.2) is 0 Å². The number of rotatable bonds is 2.